The molecule has 0 radical (unpaired) electrons. The van der Waals surface area contributed by atoms with Gasteiger partial charge in [-0.25, -0.2) is 0 Å². The van der Waals surface area contributed by atoms with E-state index in [4.69, 9.17) is 10.5 Å². The minimum Gasteiger partial charge on any atom is -0.372 e. The van der Waals surface area contributed by atoms with Gasteiger partial charge in [-0.3, -0.25) is 4.79 Å². The molecule has 0 rings (SSSR count). The molecule has 0 unspecified atom stereocenters. The van der Waals surface area contributed by atoms with E-state index in [9.17, 15) is 4.79 Å². The van der Waals surface area contributed by atoms with Gasteiger partial charge in [-0.05, 0) is 6.42 Å². The first-order valence-electron chi connectivity index (χ1n) is 5.13. The zero-order valence-electron chi connectivity index (χ0n) is 8.55. The van der Waals surface area contributed by atoms with Gasteiger partial charge in [0.15, 0.2) is 0 Å². The van der Waals surface area contributed by atoms with E-state index in [1.807, 2.05) is 0 Å². The first kappa shape index (κ1) is 12.4. The molecular weight excluding hydrogens is 166 g/mol. The highest BCUT2D eigenvalue weighted by molar-refractivity contribution is 5.74. The number of hydrogen-bond acceptors (Lipinski definition) is 2. The van der Waals surface area contributed by atoms with Crippen LogP contribution in [0.4, 0.5) is 0 Å². The molecule has 2 N–H and O–H groups in total. The summed E-state index contributed by atoms with van der Waals surface area (Å²) in [5, 5.41) is 0. The first-order valence-corrected chi connectivity index (χ1v) is 5.13. The minimum absolute atomic E-state index is 0.0644. The number of carbonyl (C=O) groups is 1. The number of ether oxygens (including phenoxy) is 1. The van der Waals surface area contributed by atoms with Crippen molar-refractivity contribution >= 4 is 5.91 Å². The molecule has 0 atom stereocenters. The zero-order valence-corrected chi connectivity index (χ0v) is 8.55. The third-order valence-corrected chi connectivity index (χ3v) is 1.89. The van der Waals surface area contributed by atoms with Gasteiger partial charge < -0.3 is 10.5 Å². The summed E-state index contributed by atoms with van der Waals surface area (Å²) in [6, 6.07) is 0. The number of carbonyl (C=O) groups excluding carboxylic acids is 1. The van der Waals surface area contributed by atoms with E-state index in [2.05, 4.69) is 6.92 Å². The number of amides is 1. The van der Waals surface area contributed by atoms with Gasteiger partial charge in [0.2, 0.25) is 5.91 Å². The average Bonchev–Trinajstić information content (AvgIpc) is 2.09. The maximum atomic E-state index is 10.3. The number of nitrogens with two attached hydrogens (primary N) is 1. The molecule has 1 amide bonds. The Morgan fingerprint density at radius 2 is 1.77 bits per heavy atom. The predicted octanol–water partition coefficient (Wildman–Crippen LogP) is 1.85. The van der Waals surface area contributed by atoms with Crippen molar-refractivity contribution in [2.24, 2.45) is 5.73 Å². The summed E-state index contributed by atoms with van der Waals surface area (Å²) in [6.07, 6.45) is 7.41. The zero-order chi connectivity index (χ0) is 9.94. The van der Waals surface area contributed by atoms with Crippen LogP contribution in [-0.4, -0.2) is 19.1 Å². The van der Waals surface area contributed by atoms with Crippen molar-refractivity contribution in [1.82, 2.24) is 0 Å². The Labute approximate surface area is 80.6 Å². The quantitative estimate of drug-likeness (QED) is 0.560. The minimum atomic E-state index is -0.383. The van der Waals surface area contributed by atoms with Crippen LogP contribution in [0, 0.1) is 0 Å². The monoisotopic (exact) mass is 187 g/mol. The molecule has 0 aromatic heterocycles. The lowest BCUT2D eigenvalue weighted by Gasteiger charge is -2.01. The van der Waals surface area contributed by atoms with Gasteiger partial charge in [0.05, 0.1) is 0 Å². The van der Waals surface area contributed by atoms with Crippen molar-refractivity contribution in [2.75, 3.05) is 13.2 Å². The van der Waals surface area contributed by atoms with Crippen molar-refractivity contribution in [3.05, 3.63) is 0 Å². The molecule has 0 saturated heterocycles. The lowest BCUT2D eigenvalue weighted by molar-refractivity contribution is -0.122. The van der Waals surface area contributed by atoms with E-state index in [0.717, 1.165) is 6.42 Å². The summed E-state index contributed by atoms with van der Waals surface area (Å²) >= 11 is 0. The summed E-state index contributed by atoms with van der Waals surface area (Å²) in [5.41, 5.74) is 4.91. The highest BCUT2D eigenvalue weighted by Crippen LogP contribution is 2.04. The van der Waals surface area contributed by atoms with Crippen LogP contribution >= 0.6 is 0 Å². The molecule has 0 fully saturated rings. The van der Waals surface area contributed by atoms with Gasteiger partial charge in [0, 0.05) is 6.61 Å². The van der Waals surface area contributed by atoms with E-state index in [1.165, 1.54) is 32.1 Å². The van der Waals surface area contributed by atoms with E-state index in [0.29, 0.717) is 6.61 Å². The van der Waals surface area contributed by atoms with Gasteiger partial charge in [0.1, 0.15) is 6.61 Å². The SMILES string of the molecule is CCCCCCCCOCC(N)=O. The molecule has 13 heavy (non-hydrogen) atoms. The van der Waals surface area contributed by atoms with Crippen molar-refractivity contribution in [1.29, 1.82) is 0 Å². The second kappa shape index (κ2) is 9.52. The molecule has 0 aliphatic heterocycles. The second-order valence-electron chi connectivity index (χ2n) is 3.29. The van der Waals surface area contributed by atoms with Crippen LogP contribution in [0.3, 0.4) is 0 Å². The van der Waals surface area contributed by atoms with Gasteiger partial charge in [0.25, 0.3) is 0 Å². The third kappa shape index (κ3) is 11.4. The molecule has 0 aliphatic rings. The molecule has 0 aromatic rings. The normalized spacial score (nSPS) is 10.2. The Hall–Kier alpha value is -0.570. The molecule has 0 bridgehead atoms. The van der Waals surface area contributed by atoms with Crippen LogP contribution in [0.5, 0.6) is 0 Å². The van der Waals surface area contributed by atoms with Crippen LogP contribution in [0.1, 0.15) is 45.4 Å². The Bertz CT molecular complexity index is 126. The molecular formula is C10H21NO2. The second-order valence-corrected chi connectivity index (χ2v) is 3.29. The van der Waals surface area contributed by atoms with Gasteiger partial charge in [-0.1, -0.05) is 39.0 Å². The Balaban J connectivity index is 2.87. The van der Waals surface area contributed by atoms with Crippen LogP contribution in [-0.2, 0) is 9.53 Å². The smallest absolute Gasteiger partial charge is 0.243 e. The number of rotatable bonds is 9. The summed E-state index contributed by atoms with van der Waals surface area (Å²) < 4.78 is 5.03. The molecule has 0 heterocycles. The summed E-state index contributed by atoms with van der Waals surface area (Å²) in [5.74, 6) is -0.383. The van der Waals surface area contributed by atoms with Crippen molar-refractivity contribution < 1.29 is 9.53 Å². The Morgan fingerprint density at radius 1 is 1.15 bits per heavy atom. The Kier molecular flexibility index (Phi) is 9.10. The maximum Gasteiger partial charge on any atom is 0.243 e. The van der Waals surface area contributed by atoms with Crippen LogP contribution in [0.2, 0.25) is 0 Å². The third-order valence-electron chi connectivity index (χ3n) is 1.89. The van der Waals surface area contributed by atoms with Gasteiger partial charge >= 0.3 is 0 Å². The first-order chi connectivity index (χ1) is 6.27. The van der Waals surface area contributed by atoms with Gasteiger partial charge in [-0.15, -0.1) is 0 Å². The predicted molar refractivity (Wildman–Crippen MR) is 53.4 cm³/mol. The topological polar surface area (TPSA) is 52.3 Å². The van der Waals surface area contributed by atoms with Crippen LogP contribution < -0.4 is 5.73 Å². The molecule has 78 valence electrons. The maximum absolute atomic E-state index is 10.3. The number of unbranched alkanes of at least 4 members (excludes halogenated alkanes) is 5. The van der Waals surface area contributed by atoms with Crippen molar-refractivity contribution in [3.63, 3.8) is 0 Å². The van der Waals surface area contributed by atoms with Crippen molar-refractivity contribution in [3.8, 4) is 0 Å². The molecule has 0 aliphatic carbocycles. The van der Waals surface area contributed by atoms with E-state index in [-0.39, 0.29) is 12.5 Å². The fraction of sp³-hybridized carbons (Fsp3) is 0.900. The van der Waals surface area contributed by atoms with E-state index >= 15 is 0 Å². The lowest BCUT2D eigenvalue weighted by atomic mass is 10.1. The standard InChI is InChI=1S/C10H21NO2/c1-2-3-4-5-6-7-8-13-9-10(11)12/h2-9H2,1H3,(H2,11,12). The summed E-state index contributed by atoms with van der Waals surface area (Å²) in [7, 11) is 0. The number of hydrogen-bond donors (Lipinski definition) is 1. The van der Waals surface area contributed by atoms with E-state index in [1.54, 1.807) is 0 Å². The van der Waals surface area contributed by atoms with Gasteiger partial charge in [-0.2, -0.15) is 0 Å². The highest BCUT2D eigenvalue weighted by atomic mass is 16.5. The molecule has 0 spiro atoms. The number of primary amides is 1. The molecule has 3 nitrogen and oxygen atoms in total. The summed E-state index contributed by atoms with van der Waals surface area (Å²) in [6.45, 7) is 2.93. The molecule has 3 heteroatoms. The van der Waals surface area contributed by atoms with Crippen LogP contribution in [0.15, 0.2) is 0 Å². The molecule has 0 saturated carbocycles. The lowest BCUT2D eigenvalue weighted by Crippen LogP contribution is -2.18. The van der Waals surface area contributed by atoms with Crippen molar-refractivity contribution in [2.45, 2.75) is 45.4 Å². The van der Waals surface area contributed by atoms with Crippen LogP contribution in [0.25, 0.3) is 0 Å². The largest absolute Gasteiger partial charge is 0.372 e. The fourth-order valence-corrected chi connectivity index (χ4v) is 1.16. The highest BCUT2D eigenvalue weighted by Gasteiger charge is 1.93. The van der Waals surface area contributed by atoms with E-state index < -0.39 is 0 Å². The molecule has 0 aromatic carbocycles. The Morgan fingerprint density at radius 3 is 2.38 bits per heavy atom. The fourth-order valence-electron chi connectivity index (χ4n) is 1.16. The summed E-state index contributed by atoms with van der Waals surface area (Å²) in [4.78, 5) is 10.3. The average molecular weight is 187 g/mol.